The van der Waals surface area contributed by atoms with E-state index >= 15 is 0 Å². The van der Waals surface area contributed by atoms with Gasteiger partial charge in [-0.15, -0.1) is 0 Å². The van der Waals surface area contributed by atoms with E-state index < -0.39 is 5.03 Å². The fraction of sp³-hybridized carbons (Fsp3) is 0.500. The molecule has 1 saturated heterocycles. The van der Waals surface area contributed by atoms with Crippen molar-refractivity contribution >= 4 is 16.9 Å². The summed E-state index contributed by atoms with van der Waals surface area (Å²) in [6.45, 7) is 0. The first kappa shape index (κ1) is 6.30. The molecule has 1 fully saturated rings. The molecule has 0 aliphatic carbocycles. The molecule has 0 saturated carbocycles. The van der Waals surface area contributed by atoms with Crippen molar-refractivity contribution < 1.29 is 5.03 Å². The fourth-order valence-corrected chi connectivity index (χ4v) is 0.930. The molecule has 0 spiro atoms. The van der Waals surface area contributed by atoms with Crippen LogP contribution in [0.2, 0.25) is 0 Å². The molecule has 1 aliphatic heterocycles. The van der Waals surface area contributed by atoms with Gasteiger partial charge in [0.1, 0.15) is 0 Å². The summed E-state index contributed by atoms with van der Waals surface area (Å²) in [7, 11) is 0. The molecule has 1 rings (SSSR count). The highest BCUT2D eigenvalue weighted by Crippen LogP contribution is 2.02. The third kappa shape index (κ3) is 1.86. The average molecular weight is 148 g/mol. The molecule has 0 aromatic heterocycles. The SMILES string of the molecule is O=[N+]([O-])/N=C1\NNCS1. The second-order valence-corrected chi connectivity index (χ2v) is 2.20. The van der Waals surface area contributed by atoms with Gasteiger partial charge in [0, 0.05) is 0 Å². The minimum Gasteiger partial charge on any atom is -0.294 e. The summed E-state index contributed by atoms with van der Waals surface area (Å²) in [4.78, 5) is 9.69. The Labute approximate surface area is 54.8 Å². The summed E-state index contributed by atoms with van der Waals surface area (Å²) in [6.07, 6.45) is 0. The molecule has 0 aromatic carbocycles. The third-order valence-corrected chi connectivity index (χ3v) is 1.39. The average Bonchev–Trinajstić information content (AvgIpc) is 2.15. The quantitative estimate of drug-likeness (QED) is 0.381. The predicted molar refractivity (Wildman–Crippen MR) is 33.2 cm³/mol. The standard InChI is InChI=1S/C2H4N4O2S/c7-6(8)5-2-4-3-1-9-2/h3H,1H2,(H,4,5). The van der Waals surface area contributed by atoms with Crippen molar-refractivity contribution in [3.63, 3.8) is 0 Å². The number of rotatable bonds is 1. The molecule has 0 radical (unpaired) electrons. The number of nitrogens with one attached hydrogen (secondary N) is 2. The first-order valence-corrected chi connectivity index (χ1v) is 3.12. The summed E-state index contributed by atoms with van der Waals surface area (Å²) in [6, 6.07) is 0. The van der Waals surface area contributed by atoms with Crippen LogP contribution < -0.4 is 10.9 Å². The largest absolute Gasteiger partial charge is 0.294 e. The molecule has 9 heavy (non-hydrogen) atoms. The number of nitro groups is 1. The zero-order valence-corrected chi connectivity index (χ0v) is 5.14. The molecule has 0 atom stereocenters. The van der Waals surface area contributed by atoms with Crippen LogP contribution in [0.1, 0.15) is 0 Å². The van der Waals surface area contributed by atoms with E-state index in [9.17, 15) is 10.1 Å². The Morgan fingerprint density at radius 2 is 2.67 bits per heavy atom. The second-order valence-electron chi connectivity index (χ2n) is 1.23. The Morgan fingerprint density at radius 3 is 3.11 bits per heavy atom. The molecular formula is C2H4N4O2S. The number of hydrogen-bond acceptors (Lipinski definition) is 4. The number of amidine groups is 1. The van der Waals surface area contributed by atoms with Crippen LogP contribution in [-0.4, -0.2) is 16.1 Å². The lowest BCUT2D eigenvalue weighted by molar-refractivity contribution is -0.484. The molecular weight excluding hydrogens is 144 g/mol. The maximum atomic E-state index is 9.69. The van der Waals surface area contributed by atoms with Gasteiger partial charge in [0.2, 0.25) is 0 Å². The van der Waals surface area contributed by atoms with E-state index in [0.717, 1.165) is 0 Å². The van der Waals surface area contributed by atoms with Crippen LogP contribution in [0.4, 0.5) is 0 Å². The lowest BCUT2D eigenvalue weighted by Gasteiger charge is -1.86. The van der Waals surface area contributed by atoms with E-state index in [2.05, 4.69) is 16.0 Å². The highest BCUT2D eigenvalue weighted by molar-refractivity contribution is 8.14. The van der Waals surface area contributed by atoms with Gasteiger partial charge < -0.3 is 0 Å². The minimum atomic E-state index is -0.734. The highest BCUT2D eigenvalue weighted by Gasteiger charge is 2.10. The van der Waals surface area contributed by atoms with Crippen LogP contribution >= 0.6 is 11.8 Å². The van der Waals surface area contributed by atoms with Gasteiger partial charge in [-0.3, -0.25) is 5.43 Å². The topological polar surface area (TPSA) is 79.6 Å². The van der Waals surface area contributed by atoms with E-state index in [1.807, 2.05) is 0 Å². The van der Waals surface area contributed by atoms with Crippen molar-refractivity contribution in [3.05, 3.63) is 10.1 Å². The molecule has 0 aromatic rings. The van der Waals surface area contributed by atoms with E-state index in [0.29, 0.717) is 11.0 Å². The first-order chi connectivity index (χ1) is 4.29. The molecule has 0 unspecified atom stereocenters. The molecule has 2 N–H and O–H groups in total. The van der Waals surface area contributed by atoms with Crippen LogP contribution in [0.5, 0.6) is 0 Å². The van der Waals surface area contributed by atoms with Crippen LogP contribution in [-0.2, 0) is 0 Å². The summed E-state index contributed by atoms with van der Waals surface area (Å²) in [5.74, 6) is 0.618. The highest BCUT2D eigenvalue weighted by atomic mass is 32.2. The minimum absolute atomic E-state index is 0.306. The first-order valence-electron chi connectivity index (χ1n) is 2.14. The molecule has 6 nitrogen and oxygen atoms in total. The smallest absolute Gasteiger partial charge is 0.250 e. The summed E-state index contributed by atoms with van der Waals surface area (Å²) in [5.41, 5.74) is 5.16. The monoisotopic (exact) mass is 148 g/mol. The number of hydrogen-bond donors (Lipinski definition) is 2. The normalized spacial score (nSPS) is 22.0. The number of nitrogens with zero attached hydrogens (tertiary/aromatic N) is 2. The second kappa shape index (κ2) is 2.65. The van der Waals surface area contributed by atoms with Crippen LogP contribution in [0, 0.1) is 10.1 Å². The molecule has 0 bridgehead atoms. The lowest BCUT2D eigenvalue weighted by atomic mass is 11.3. The Kier molecular flexibility index (Phi) is 1.85. The van der Waals surface area contributed by atoms with Gasteiger partial charge >= 0.3 is 0 Å². The lowest BCUT2D eigenvalue weighted by Crippen LogP contribution is -2.26. The van der Waals surface area contributed by atoms with Crippen LogP contribution in [0.25, 0.3) is 0 Å². The third-order valence-electron chi connectivity index (χ3n) is 0.649. The molecule has 1 heterocycles. The molecule has 50 valence electrons. The van der Waals surface area contributed by atoms with Crippen LogP contribution in [0.15, 0.2) is 5.10 Å². The van der Waals surface area contributed by atoms with Crippen molar-refractivity contribution in [2.24, 2.45) is 5.10 Å². The van der Waals surface area contributed by atoms with E-state index in [1.165, 1.54) is 11.8 Å². The fourth-order valence-electron chi connectivity index (χ4n) is 0.380. The van der Waals surface area contributed by atoms with Crippen LogP contribution in [0.3, 0.4) is 0 Å². The van der Waals surface area contributed by atoms with E-state index in [1.54, 1.807) is 0 Å². The van der Waals surface area contributed by atoms with E-state index in [4.69, 9.17) is 0 Å². The van der Waals surface area contributed by atoms with Gasteiger partial charge in [-0.2, -0.15) is 0 Å². The molecule has 1 aliphatic rings. The number of thioether (sulfide) groups is 1. The Morgan fingerprint density at radius 1 is 1.89 bits per heavy atom. The van der Waals surface area contributed by atoms with Crippen molar-refractivity contribution in [2.75, 3.05) is 5.88 Å². The van der Waals surface area contributed by atoms with Gasteiger partial charge in [0.05, 0.1) is 11.0 Å². The zero-order chi connectivity index (χ0) is 6.69. The van der Waals surface area contributed by atoms with Crippen molar-refractivity contribution in [1.29, 1.82) is 0 Å². The zero-order valence-electron chi connectivity index (χ0n) is 4.33. The maximum Gasteiger partial charge on any atom is 0.250 e. The number of hydrazine groups is 1. The molecule has 0 amide bonds. The van der Waals surface area contributed by atoms with Crippen molar-refractivity contribution in [1.82, 2.24) is 10.9 Å². The predicted octanol–water partition coefficient (Wildman–Crippen LogP) is -0.667. The van der Waals surface area contributed by atoms with E-state index in [-0.39, 0.29) is 0 Å². The van der Waals surface area contributed by atoms with Gasteiger partial charge in [0.25, 0.3) is 5.17 Å². The summed E-state index contributed by atoms with van der Waals surface area (Å²) in [5, 5.41) is 12.3. The Hall–Kier alpha value is -0.820. The van der Waals surface area contributed by atoms with Gasteiger partial charge in [0.15, 0.2) is 5.03 Å². The van der Waals surface area contributed by atoms with Gasteiger partial charge in [-0.1, -0.05) is 11.8 Å². The van der Waals surface area contributed by atoms with Gasteiger partial charge in [-0.05, 0) is 0 Å². The summed E-state index contributed by atoms with van der Waals surface area (Å²) >= 11 is 1.26. The summed E-state index contributed by atoms with van der Waals surface area (Å²) < 4.78 is 0. The van der Waals surface area contributed by atoms with Crippen molar-refractivity contribution in [3.8, 4) is 0 Å². The van der Waals surface area contributed by atoms with Gasteiger partial charge in [-0.25, -0.2) is 15.5 Å². The Balaban J connectivity index is 2.49. The molecule has 7 heteroatoms. The Bertz CT molecular complexity index is 149. The number of hydrazone groups is 1. The van der Waals surface area contributed by atoms with Crippen molar-refractivity contribution in [2.45, 2.75) is 0 Å². The maximum absolute atomic E-state index is 9.69.